The third kappa shape index (κ3) is 6.69. The molecule has 10 aromatic carbocycles. The van der Waals surface area contributed by atoms with Gasteiger partial charge in [-0.25, -0.2) is 0 Å². The molecular weight excluding hydrogens is 741 g/mol. The van der Waals surface area contributed by atoms with Crippen molar-refractivity contribution in [2.75, 3.05) is 9.80 Å². The molecular formula is C58H40N2O. The van der Waals surface area contributed by atoms with Gasteiger partial charge in [0.2, 0.25) is 0 Å². The second-order valence-electron chi connectivity index (χ2n) is 15.3. The van der Waals surface area contributed by atoms with Gasteiger partial charge in [-0.1, -0.05) is 176 Å². The van der Waals surface area contributed by atoms with E-state index in [1.807, 2.05) is 0 Å². The van der Waals surface area contributed by atoms with Gasteiger partial charge in [0.1, 0.15) is 5.58 Å². The average molecular weight is 781 g/mol. The van der Waals surface area contributed by atoms with Crippen LogP contribution in [0.15, 0.2) is 247 Å². The van der Waals surface area contributed by atoms with Gasteiger partial charge in [0.05, 0.1) is 16.8 Å². The van der Waals surface area contributed by atoms with Gasteiger partial charge in [-0.3, -0.25) is 0 Å². The lowest BCUT2D eigenvalue weighted by Gasteiger charge is -2.29. The van der Waals surface area contributed by atoms with E-state index < -0.39 is 0 Å². The second kappa shape index (κ2) is 15.6. The molecule has 0 amide bonds. The molecule has 1 heterocycles. The number of anilines is 6. The van der Waals surface area contributed by atoms with Crippen LogP contribution in [0.25, 0.3) is 66.1 Å². The van der Waals surface area contributed by atoms with E-state index in [-0.39, 0.29) is 0 Å². The Morgan fingerprint density at radius 2 is 0.705 bits per heavy atom. The zero-order chi connectivity index (χ0) is 40.5. The molecule has 0 fully saturated rings. The van der Waals surface area contributed by atoms with Crippen LogP contribution in [-0.2, 0) is 0 Å². The SMILES string of the molecule is c1ccc(-c2ccc(N(c3ccccc3)c3ccc(N(c4ccc(-c5ccccc5)cc4)c4cccc(-c5ccccc5)c4)c4c3oc3c5ccccc5ccc34)cc2)cc1. The first-order valence-electron chi connectivity index (χ1n) is 20.8. The lowest BCUT2D eigenvalue weighted by atomic mass is 10.0. The summed E-state index contributed by atoms with van der Waals surface area (Å²) in [5, 5.41) is 4.31. The van der Waals surface area contributed by atoms with E-state index in [2.05, 4.69) is 252 Å². The fourth-order valence-electron chi connectivity index (χ4n) is 8.69. The number of rotatable bonds is 9. The third-order valence-corrected chi connectivity index (χ3v) is 11.6. The first-order valence-corrected chi connectivity index (χ1v) is 20.8. The molecule has 0 bridgehead atoms. The van der Waals surface area contributed by atoms with Crippen LogP contribution in [-0.4, -0.2) is 0 Å². The van der Waals surface area contributed by atoms with Crippen molar-refractivity contribution >= 4 is 66.8 Å². The Morgan fingerprint density at radius 3 is 1.31 bits per heavy atom. The maximum Gasteiger partial charge on any atom is 0.161 e. The highest BCUT2D eigenvalue weighted by atomic mass is 16.3. The molecule has 0 spiro atoms. The van der Waals surface area contributed by atoms with Gasteiger partial charge in [0.25, 0.3) is 0 Å². The molecule has 0 atom stereocenters. The van der Waals surface area contributed by atoms with Crippen molar-refractivity contribution in [3.63, 3.8) is 0 Å². The Morgan fingerprint density at radius 1 is 0.262 bits per heavy atom. The molecule has 0 N–H and O–H groups in total. The van der Waals surface area contributed by atoms with Crippen LogP contribution in [0, 0.1) is 0 Å². The summed E-state index contributed by atoms with van der Waals surface area (Å²) in [6.45, 7) is 0. The van der Waals surface area contributed by atoms with E-state index >= 15 is 0 Å². The fraction of sp³-hybridized carbons (Fsp3) is 0. The fourth-order valence-corrected chi connectivity index (χ4v) is 8.69. The zero-order valence-electron chi connectivity index (χ0n) is 33.4. The first-order chi connectivity index (χ1) is 30.3. The predicted molar refractivity (Wildman–Crippen MR) is 257 cm³/mol. The monoisotopic (exact) mass is 780 g/mol. The van der Waals surface area contributed by atoms with Crippen molar-refractivity contribution in [1.29, 1.82) is 0 Å². The van der Waals surface area contributed by atoms with Crippen LogP contribution in [0.1, 0.15) is 0 Å². The molecule has 288 valence electrons. The molecule has 0 aliphatic heterocycles. The maximum atomic E-state index is 7.28. The van der Waals surface area contributed by atoms with Crippen molar-refractivity contribution in [1.82, 2.24) is 0 Å². The van der Waals surface area contributed by atoms with Crippen LogP contribution in [0.4, 0.5) is 34.1 Å². The standard InChI is InChI=1S/C58H40N2O/c1-5-16-41(17-6-1)44-28-33-49(34-29-44)59(48-24-11-4-12-25-48)55-39-38-54(56-53-37-32-46-22-13-14-27-52(46)57(53)61-58(55)56)60(50-35-30-45(31-36-50)42-18-7-2-8-19-42)51-26-15-23-47(40-51)43-20-9-3-10-21-43/h1-40H. The number of fused-ring (bicyclic) bond motifs is 5. The molecule has 11 rings (SSSR count). The molecule has 0 radical (unpaired) electrons. The molecule has 0 saturated heterocycles. The van der Waals surface area contributed by atoms with E-state index in [1.54, 1.807) is 0 Å². The Bertz CT molecular complexity index is 3270. The van der Waals surface area contributed by atoms with Crippen molar-refractivity contribution in [3.8, 4) is 33.4 Å². The molecule has 0 aliphatic rings. The summed E-state index contributed by atoms with van der Waals surface area (Å²) in [7, 11) is 0. The highest BCUT2D eigenvalue weighted by Crippen LogP contribution is 2.50. The van der Waals surface area contributed by atoms with E-state index in [9.17, 15) is 0 Å². The van der Waals surface area contributed by atoms with E-state index in [0.717, 1.165) is 72.4 Å². The molecule has 0 saturated carbocycles. The summed E-state index contributed by atoms with van der Waals surface area (Å²) in [6.07, 6.45) is 0. The lowest BCUT2D eigenvalue weighted by molar-refractivity contribution is 0.673. The van der Waals surface area contributed by atoms with Crippen LogP contribution < -0.4 is 9.80 Å². The first kappa shape index (κ1) is 36.0. The number of hydrogen-bond donors (Lipinski definition) is 0. The number of hydrogen-bond acceptors (Lipinski definition) is 3. The summed E-state index contributed by atoms with van der Waals surface area (Å²) in [5.41, 5.74) is 14.8. The van der Waals surface area contributed by atoms with E-state index in [0.29, 0.717) is 0 Å². The predicted octanol–water partition coefficient (Wildman–Crippen LogP) is 16.7. The zero-order valence-corrected chi connectivity index (χ0v) is 33.4. The van der Waals surface area contributed by atoms with Gasteiger partial charge in [-0.15, -0.1) is 0 Å². The highest BCUT2D eigenvalue weighted by molar-refractivity contribution is 6.22. The molecule has 61 heavy (non-hydrogen) atoms. The van der Waals surface area contributed by atoms with Crippen LogP contribution in [0.2, 0.25) is 0 Å². The normalized spacial score (nSPS) is 11.3. The Balaban J connectivity index is 1.17. The minimum Gasteiger partial charge on any atom is -0.453 e. The number of furan rings is 1. The van der Waals surface area contributed by atoms with Gasteiger partial charge >= 0.3 is 0 Å². The molecule has 3 heteroatoms. The summed E-state index contributed by atoms with van der Waals surface area (Å²) in [4.78, 5) is 4.71. The number of para-hydroxylation sites is 1. The van der Waals surface area contributed by atoms with Crippen molar-refractivity contribution in [2.24, 2.45) is 0 Å². The average Bonchev–Trinajstić information content (AvgIpc) is 3.75. The van der Waals surface area contributed by atoms with Gasteiger partial charge in [0.15, 0.2) is 5.58 Å². The number of benzene rings is 10. The molecule has 0 unspecified atom stereocenters. The van der Waals surface area contributed by atoms with Crippen molar-refractivity contribution in [2.45, 2.75) is 0 Å². The van der Waals surface area contributed by atoms with Gasteiger partial charge < -0.3 is 14.2 Å². The van der Waals surface area contributed by atoms with Crippen LogP contribution in [0.3, 0.4) is 0 Å². The summed E-state index contributed by atoms with van der Waals surface area (Å²) < 4.78 is 7.28. The van der Waals surface area contributed by atoms with Gasteiger partial charge in [-0.05, 0) is 105 Å². The summed E-state index contributed by atoms with van der Waals surface area (Å²) >= 11 is 0. The highest BCUT2D eigenvalue weighted by Gasteiger charge is 2.26. The van der Waals surface area contributed by atoms with Crippen LogP contribution in [0.5, 0.6) is 0 Å². The van der Waals surface area contributed by atoms with Crippen LogP contribution >= 0.6 is 0 Å². The third-order valence-electron chi connectivity index (χ3n) is 11.6. The minimum absolute atomic E-state index is 0.810. The Hall–Kier alpha value is -8.14. The number of nitrogens with zero attached hydrogens (tertiary/aromatic N) is 2. The van der Waals surface area contributed by atoms with Gasteiger partial charge in [0, 0.05) is 33.5 Å². The quantitative estimate of drug-likeness (QED) is 0.145. The Labute approximate surface area is 355 Å². The molecule has 11 aromatic rings. The van der Waals surface area contributed by atoms with E-state index in [1.165, 1.54) is 27.8 Å². The van der Waals surface area contributed by atoms with Gasteiger partial charge in [-0.2, -0.15) is 0 Å². The molecule has 3 nitrogen and oxygen atoms in total. The topological polar surface area (TPSA) is 19.6 Å². The lowest BCUT2D eigenvalue weighted by Crippen LogP contribution is -2.13. The second-order valence-corrected chi connectivity index (χ2v) is 15.3. The van der Waals surface area contributed by atoms with Crippen molar-refractivity contribution < 1.29 is 4.42 Å². The molecule has 1 aromatic heterocycles. The summed E-state index contributed by atoms with van der Waals surface area (Å²) in [5.74, 6) is 0. The largest absolute Gasteiger partial charge is 0.453 e. The molecule has 0 aliphatic carbocycles. The summed E-state index contributed by atoms with van der Waals surface area (Å²) in [6, 6.07) is 86.4. The Kier molecular flexibility index (Phi) is 9.18. The minimum atomic E-state index is 0.810. The maximum absolute atomic E-state index is 7.28. The smallest absolute Gasteiger partial charge is 0.161 e. The van der Waals surface area contributed by atoms with Crippen molar-refractivity contribution in [3.05, 3.63) is 243 Å². The van der Waals surface area contributed by atoms with E-state index in [4.69, 9.17) is 4.42 Å².